The number of benzene rings is 1. The van der Waals surface area contributed by atoms with Crippen molar-refractivity contribution >= 4 is 17.7 Å². The van der Waals surface area contributed by atoms with Crippen LogP contribution in [0, 0.1) is 0 Å². The summed E-state index contributed by atoms with van der Waals surface area (Å²) in [6.07, 6.45) is 22.6. The predicted octanol–water partition coefficient (Wildman–Crippen LogP) is 7.71. The molecule has 7 nitrogen and oxygen atoms in total. The van der Waals surface area contributed by atoms with Crippen LogP contribution in [0.5, 0.6) is 0 Å². The Morgan fingerprint density at radius 2 is 1.16 bits per heavy atom. The Bertz CT molecular complexity index is 1000. The lowest BCUT2D eigenvalue weighted by atomic mass is 10.0. The Morgan fingerprint density at radius 1 is 0.628 bits per heavy atom. The molecule has 43 heavy (non-hydrogen) atoms. The third-order valence-corrected chi connectivity index (χ3v) is 7.83. The number of unbranched alkanes of at least 4 members (excludes halogenated alkanes) is 14. The molecule has 0 aliphatic carbocycles. The fourth-order valence-corrected chi connectivity index (χ4v) is 5.17. The van der Waals surface area contributed by atoms with Crippen LogP contribution in [0.15, 0.2) is 54.9 Å². The van der Waals surface area contributed by atoms with Crippen LogP contribution in [0.25, 0.3) is 0 Å². The third-order valence-electron chi connectivity index (χ3n) is 7.83. The van der Waals surface area contributed by atoms with E-state index in [1.165, 1.54) is 57.8 Å². The van der Waals surface area contributed by atoms with Gasteiger partial charge in [-0.3, -0.25) is 19.4 Å². The van der Waals surface area contributed by atoms with Gasteiger partial charge in [0.15, 0.2) is 0 Å². The van der Waals surface area contributed by atoms with Gasteiger partial charge in [-0.05, 0) is 42.5 Å². The smallest absolute Gasteiger partial charge is 0.247 e. The summed E-state index contributed by atoms with van der Waals surface area (Å²) in [5.41, 5.74) is 1.89. The monoisotopic (exact) mass is 592 g/mol. The number of hydrogen-bond donors (Lipinski definition) is 3. The minimum Gasteiger partial charge on any atom is -0.354 e. The van der Waals surface area contributed by atoms with E-state index in [0.717, 1.165) is 56.1 Å². The van der Waals surface area contributed by atoms with Crippen molar-refractivity contribution in [3.05, 3.63) is 66.0 Å². The summed E-state index contributed by atoms with van der Waals surface area (Å²) in [4.78, 5) is 41.6. The van der Waals surface area contributed by atoms with Crippen LogP contribution in [0.4, 0.5) is 0 Å². The number of rotatable bonds is 25. The van der Waals surface area contributed by atoms with Gasteiger partial charge in [-0.25, -0.2) is 0 Å². The first-order valence-electron chi connectivity index (χ1n) is 16.9. The zero-order valence-corrected chi connectivity index (χ0v) is 26.6. The number of hydrogen-bond acceptors (Lipinski definition) is 4. The Balaban J connectivity index is 1.50. The van der Waals surface area contributed by atoms with Gasteiger partial charge in [0.25, 0.3) is 0 Å². The molecule has 0 radical (unpaired) electrons. The summed E-state index contributed by atoms with van der Waals surface area (Å²) in [6.45, 7) is 3.40. The molecular formula is C36H56N4O3. The second kappa shape index (κ2) is 24.2. The molecule has 7 heteroatoms. The van der Waals surface area contributed by atoms with Gasteiger partial charge < -0.3 is 16.0 Å². The van der Waals surface area contributed by atoms with Gasteiger partial charge in [0.05, 0.1) is 0 Å². The SMILES string of the molecule is CCCCCCCCCC(=O)N[C@@H](C(=O)NCCCCCCCCCCCC(=O)NCc1ccncc1)c1ccccc1. The molecule has 3 N–H and O–H groups in total. The van der Waals surface area contributed by atoms with Crippen molar-refractivity contribution in [3.63, 3.8) is 0 Å². The van der Waals surface area contributed by atoms with Gasteiger partial charge in [0.1, 0.15) is 6.04 Å². The number of nitrogens with zero attached hydrogens (tertiary/aromatic N) is 1. The highest BCUT2D eigenvalue weighted by Gasteiger charge is 2.22. The number of nitrogens with one attached hydrogen (secondary N) is 3. The van der Waals surface area contributed by atoms with Gasteiger partial charge in [0.2, 0.25) is 17.7 Å². The van der Waals surface area contributed by atoms with E-state index in [2.05, 4.69) is 27.9 Å². The minimum absolute atomic E-state index is 0.0538. The van der Waals surface area contributed by atoms with Crippen molar-refractivity contribution in [2.24, 2.45) is 0 Å². The quantitative estimate of drug-likeness (QED) is 0.103. The van der Waals surface area contributed by atoms with E-state index in [0.29, 0.717) is 25.9 Å². The zero-order valence-electron chi connectivity index (χ0n) is 26.6. The summed E-state index contributed by atoms with van der Waals surface area (Å²) < 4.78 is 0. The van der Waals surface area contributed by atoms with E-state index in [4.69, 9.17) is 0 Å². The lowest BCUT2D eigenvalue weighted by Gasteiger charge is -2.19. The molecule has 2 rings (SSSR count). The van der Waals surface area contributed by atoms with Crippen molar-refractivity contribution in [2.45, 2.75) is 135 Å². The summed E-state index contributed by atoms with van der Waals surface area (Å²) in [7, 11) is 0. The van der Waals surface area contributed by atoms with Gasteiger partial charge in [0, 0.05) is 38.3 Å². The topological polar surface area (TPSA) is 100 Å². The van der Waals surface area contributed by atoms with Crippen LogP contribution >= 0.6 is 0 Å². The molecule has 3 amide bonds. The van der Waals surface area contributed by atoms with Gasteiger partial charge in [-0.2, -0.15) is 0 Å². The van der Waals surface area contributed by atoms with Crippen LogP contribution in [0.3, 0.4) is 0 Å². The van der Waals surface area contributed by atoms with E-state index in [9.17, 15) is 14.4 Å². The van der Waals surface area contributed by atoms with Crippen molar-refractivity contribution in [1.29, 1.82) is 0 Å². The number of carbonyl (C=O) groups is 3. The maximum Gasteiger partial charge on any atom is 0.247 e. The first-order chi connectivity index (χ1) is 21.1. The average Bonchev–Trinajstić information content (AvgIpc) is 3.03. The Kier molecular flexibility index (Phi) is 20.3. The number of carbonyl (C=O) groups excluding carboxylic acids is 3. The summed E-state index contributed by atoms with van der Waals surface area (Å²) in [6, 6.07) is 12.7. The van der Waals surface area contributed by atoms with Crippen LogP contribution in [0.2, 0.25) is 0 Å². The van der Waals surface area contributed by atoms with Crippen molar-refractivity contribution in [1.82, 2.24) is 20.9 Å². The molecule has 0 bridgehead atoms. The molecule has 2 aromatic rings. The lowest BCUT2D eigenvalue weighted by Crippen LogP contribution is -2.40. The largest absolute Gasteiger partial charge is 0.354 e. The minimum atomic E-state index is -0.647. The molecule has 238 valence electrons. The van der Waals surface area contributed by atoms with Crippen molar-refractivity contribution in [2.75, 3.05) is 6.54 Å². The first-order valence-corrected chi connectivity index (χ1v) is 16.9. The molecule has 1 heterocycles. The van der Waals surface area contributed by atoms with Gasteiger partial charge >= 0.3 is 0 Å². The zero-order chi connectivity index (χ0) is 30.8. The van der Waals surface area contributed by atoms with E-state index in [1.54, 1.807) is 12.4 Å². The standard InChI is InChI=1S/C36H56N4O3/c1-2-3-4-5-9-13-19-24-34(42)40-35(32-21-16-15-17-22-32)36(43)38-27-20-14-11-8-6-7-10-12-18-23-33(41)39-30-31-25-28-37-29-26-31/h15-17,21-22,25-26,28-29,35H,2-14,18-20,23-24,27,30H2,1H3,(H,38,43)(H,39,41)(H,40,42)/t35-/m1/s1. The van der Waals surface area contributed by atoms with E-state index in [1.807, 2.05) is 42.5 Å². The molecule has 1 aromatic heterocycles. The maximum absolute atomic E-state index is 13.0. The second-order valence-corrected chi connectivity index (χ2v) is 11.6. The van der Waals surface area contributed by atoms with E-state index >= 15 is 0 Å². The highest BCUT2D eigenvalue weighted by molar-refractivity contribution is 5.88. The molecule has 1 atom stereocenters. The van der Waals surface area contributed by atoms with E-state index in [-0.39, 0.29) is 17.7 Å². The number of pyridine rings is 1. The van der Waals surface area contributed by atoms with Gasteiger partial charge in [-0.15, -0.1) is 0 Å². The fraction of sp³-hybridized carbons (Fsp3) is 0.611. The molecular weight excluding hydrogens is 536 g/mol. The molecule has 0 unspecified atom stereocenters. The van der Waals surface area contributed by atoms with Crippen molar-refractivity contribution in [3.8, 4) is 0 Å². The highest BCUT2D eigenvalue weighted by Crippen LogP contribution is 2.15. The Morgan fingerprint density at radius 3 is 1.77 bits per heavy atom. The molecule has 0 spiro atoms. The summed E-state index contributed by atoms with van der Waals surface area (Å²) in [5.74, 6) is -0.0723. The van der Waals surface area contributed by atoms with Crippen molar-refractivity contribution < 1.29 is 14.4 Å². The van der Waals surface area contributed by atoms with Crippen LogP contribution < -0.4 is 16.0 Å². The maximum atomic E-state index is 13.0. The van der Waals surface area contributed by atoms with Crippen LogP contribution in [-0.2, 0) is 20.9 Å². The van der Waals surface area contributed by atoms with Crippen LogP contribution in [0.1, 0.15) is 140 Å². The Hall–Kier alpha value is -3.22. The first kappa shape index (κ1) is 36.0. The fourth-order valence-electron chi connectivity index (χ4n) is 5.17. The normalized spacial score (nSPS) is 11.6. The average molecular weight is 593 g/mol. The van der Waals surface area contributed by atoms with Gasteiger partial charge in [-0.1, -0.05) is 121 Å². The number of amides is 3. The molecule has 0 saturated heterocycles. The molecule has 0 aliphatic rings. The molecule has 0 aliphatic heterocycles. The Labute approximate surface area is 260 Å². The molecule has 1 aromatic carbocycles. The van der Waals surface area contributed by atoms with E-state index < -0.39 is 6.04 Å². The highest BCUT2D eigenvalue weighted by atomic mass is 16.2. The summed E-state index contributed by atoms with van der Waals surface area (Å²) >= 11 is 0. The second-order valence-electron chi connectivity index (χ2n) is 11.6. The molecule has 0 saturated carbocycles. The molecule has 0 fully saturated rings. The summed E-state index contributed by atoms with van der Waals surface area (Å²) in [5, 5.41) is 8.99. The lowest BCUT2D eigenvalue weighted by molar-refractivity contribution is -0.129. The van der Waals surface area contributed by atoms with Crippen LogP contribution in [-0.4, -0.2) is 29.3 Å². The number of aromatic nitrogens is 1. The third kappa shape index (κ3) is 18.1. The predicted molar refractivity (Wildman–Crippen MR) is 175 cm³/mol.